The van der Waals surface area contributed by atoms with Gasteiger partial charge in [0, 0.05) is 24.2 Å². The van der Waals surface area contributed by atoms with Gasteiger partial charge in [-0.2, -0.15) is 0 Å². The highest BCUT2D eigenvalue weighted by atomic mass is 16.5. The molecule has 0 heterocycles. The van der Waals surface area contributed by atoms with Gasteiger partial charge >= 0.3 is 0 Å². The van der Waals surface area contributed by atoms with Crippen LogP contribution in [0.3, 0.4) is 0 Å². The van der Waals surface area contributed by atoms with E-state index in [0.29, 0.717) is 36.5 Å². The Morgan fingerprint density at radius 2 is 1.83 bits per heavy atom. The molecule has 0 unspecified atom stereocenters. The second-order valence-electron chi connectivity index (χ2n) is 5.85. The highest BCUT2D eigenvalue weighted by Crippen LogP contribution is 2.30. The molecule has 2 N–H and O–H groups in total. The molecule has 0 aromatic heterocycles. The molecule has 1 rings (SSSR count). The molecule has 1 amide bonds. The number of benzene rings is 1. The summed E-state index contributed by atoms with van der Waals surface area (Å²) < 4.78 is 11.0. The summed E-state index contributed by atoms with van der Waals surface area (Å²) >= 11 is 0. The van der Waals surface area contributed by atoms with Crippen LogP contribution < -0.4 is 15.2 Å². The number of nitrogens with zero attached hydrogens (tertiary/aromatic N) is 1. The van der Waals surface area contributed by atoms with Crippen molar-refractivity contribution >= 4 is 12.2 Å². The van der Waals surface area contributed by atoms with Crippen LogP contribution in [0.25, 0.3) is 0 Å². The normalized spacial score (nSPS) is 11.1. The third-order valence-corrected chi connectivity index (χ3v) is 3.66. The summed E-state index contributed by atoms with van der Waals surface area (Å²) in [4.78, 5) is 24.8. The van der Waals surface area contributed by atoms with Crippen LogP contribution in [-0.2, 0) is 0 Å². The van der Waals surface area contributed by atoms with Crippen molar-refractivity contribution in [2.24, 2.45) is 5.73 Å². The summed E-state index contributed by atoms with van der Waals surface area (Å²) in [5, 5.41) is 0. The maximum Gasteiger partial charge on any atom is 0.249 e. The Hall–Kier alpha value is -2.08. The van der Waals surface area contributed by atoms with E-state index < -0.39 is 5.91 Å². The van der Waals surface area contributed by atoms with Gasteiger partial charge in [-0.3, -0.25) is 14.5 Å². The quantitative estimate of drug-likeness (QED) is 0.704. The number of rotatable bonds is 9. The van der Waals surface area contributed by atoms with Gasteiger partial charge in [0.25, 0.3) is 0 Å². The Labute approximate surface area is 137 Å². The number of amides is 1. The van der Waals surface area contributed by atoms with Crippen LogP contribution in [0.5, 0.6) is 11.5 Å². The Kier molecular flexibility index (Phi) is 7.03. The number of primary amides is 1. The minimum atomic E-state index is -0.678. The average Bonchev–Trinajstić information content (AvgIpc) is 2.49. The number of carbonyl (C=O) groups excluding carboxylic acids is 2. The number of nitrogens with two attached hydrogens (primary N) is 1. The van der Waals surface area contributed by atoms with Crippen LogP contribution in [-0.4, -0.2) is 49.4 Å². The van der Waals surface area contributed by atoms with Gasteiger partial charge in [0.2, 0.25) is 5.91 Å². The van der Waals surface area contributed by atoms with Crippen molar-refractivity contribution in [3.05, 3.63) is 23.3 Å². The number of hydrogen-bond acceptors (Lipinski definition) is 5. The molecule has 0 aliphatic carbocycles. The fourth-order valence-electron chi connectivity index (χ4n) is 2.53. The summed E-state index contributed by atoms with van der Waals surface area (Å²) in [6.45, 7) is 9.71. The number of hydrogen-bond donors (Lipinski definition) is 1. The number of ether oxygens (including phenoxy) is 2. The van der Waals surface area contributed by atoms with Gasteiger partial charge in [0.05, 0.1) is 12.7 Å². The lowest BCUT2D eigenvalue weighted by Crippen LogP contribution is -2.39. The molecule has 0 aliphatic rings. The van der Waals surface area contributed by atoms with E-state index in [-0.39, 0.29) is 11.1 Å². The van der Waals surface area contributed by atoms with E-state index in [0.717, 1.165) is 6.54 Å². The fourth-order valence-corrected chi connectivity index (χ4v) is 2.53. The lowest BCUT2D eigenvalue weighted by molar-refractivity contribution is 0.0992. The first-order valence-electron chi connectivity index (χ1n) is 7.67. The lowest BCUT2D eigenvalue weighted by Gasteiger charge is -2.30. The predicted octanol–water partition coefficient (Wildman–Crippen LogP) is 2.10. The Morgan fingerprint density at radius 1 is 1.22 bits per heavy atom. The number of carbonyl (C=O) groups is 2. The molecule has 0 fully saturated rings. The van der Waals surface area contributed by atoms with Gasteiger partial charge in [-0.25, -0.2) is 0 Å². The van der Waals surface area contributed by atoms with Gasteiger partial charge in [-0.05, 0) is 39.8 Å². The largest absolute Gasteiger partial charge is 0.493 e. The molecular weight excluding hydrogens is 296 g/mol. The summed E-state index contributed by atoms with van der Waals surface area (Å²) in [5.41, 5.74) is 5.58. The van der Waals surface area contributed by atoms with Crippen LogP contribution in [0, 0.1) is 0 Å². The van der Waals surface area contributed by atoms with E-state index in [1.54, 1.807) is 0 Å². The molecular formula is C17H26N2O4. The van der Waals surface area contributed by atoms with Crippen molar-refractivity contribution in [1.29, 1.82) is 0 Å². The molecule has 0 saturated heterocycles. The molecule has 0 spiro atoms. The molecule has 0 bridgehead atoms. The standard InChI is InChI=1S/C17H26N2O4/c1-11(2)19(12(3)4)6-7-23-16-8-13(10-20)14(17(18)21)9-15(16)22-5/h8-12H,6-7H2,1-5H3,(H2,18,21). The van der Waals surface area contributed by atoms with E-state index in [9.17, 15) is 9.59 Å². The van der Waals surface area contributed by atoms with Crippen molar-refractivity contribution in [2.75, 3.05) is 20.3 Å². The maximum atomic E-state index is 11.4. The van der Waals surface area contributed by atoms with Crippen LogP contribution in [0.1, 0.15) is 48.4 Å². The average molecular weight is 322 g/mol. The topological polar surface area (TPSA) is 81.9 Å². The van der Waals surface area contributed by atoms with Crippen molar-refractivity contribution < 1.29 is 19.1 Å². The van der Waals surface area contributed by atoms with E-state index in [1.807, 2.05) is 0 Å². The minimum Gasteiger partial charge on any atom is -0.493 e. The zero-order valence-electron chi connectivity index (χ0n) is 14.5. The third kappa shape index (κ3) is 4.96. The van der Waals surface area contributed by atoms with Crippen molar-refractivity contribution in [3.8, 4) is 11.5 Å². The summed E-state index contributed by atoms with van der Waals surface area (Å²) in [6.07, 6.45) is 0.584. The lowest BCUT2D eigenvalue weighted by atomic mass is 10.1. The Balaban J connectivity index is 2.91. The molecule has 1 aromatic rings. The molecule has 0 atom stereocenters. The molecule has 0 radical (unpaired) electrons. The molecule has 1 aromatic carbocycles. The minimum absolute atomic E-state index is 0.121. The summed E-state index contributed by atoms with van der Waals surface area (Å²) in [7, 11) is 1.47. The SMILES string of the molecule is COc1cc(C(N)=O)c(C=O)cc1OCCN(C(C)C)C(C)C. The molecule has 0 saturated carbocycles. The van der Waals surface area contributed by atoms with Gasteiger partial charge < -0.3 is 15.2 Å². The van der Waals surface area contributed by atoms with E-state index in [4.69, 9.17) is 15.2 Å². The van der Waals surface area contributed by atoms with Crippen LogP contribution >= 0.6 is 0 Å². The van der Waals surface area contributed by atoms with E-state index in [2.05, 4.69) is 32.6 Å². The second kappa shape index (κ2) is 8.53. The van der Waals surface area contributed by atoms with E-state index in [1.165, 1.54) is 19.2 Å². The number of methoxy groups -OCH3 is 1. The first kappa shape index (κ1) is 19.0. The Bertz CT molecular complexity index is 548. The first-order valence-corrected chi connectivity index (χ1v) is 7.67. The van der Waals surface area contributed by atoms with Crippen LogP contribution in [0.4, 0.5) is 0 Å². The predicted molar refractivity (Wildman–Crippen MR) is 89.4 cm³/mol. The molecule has 23 heavy (non-hydrogen) atoms. The zero-order chi connectivity index (χ0) is 17.6. The summed E-state index contributed by atoms with van der Waals surface area (Å²) in [6, 6.07) is 3.73. The van der Waals surface area contributed by atoms with E-state index >= 15 is 0 Å². The van der Waals surface area contributed by atoms with Crippen molar-refractivity contribution in [3.63, 3.8) is 0 Å². The maximum absolute atomic E-state index is 11.4. The molecule has 6 heteroatoms. The highest BCUT2D eigenvalue weighted by Gasteiger charge is 2.16. The molecule has 6 nitrogen and oxygen atoms in total. The van der Waals surface area contributed by atoms with Gasteiger partial charge in [0.15, 0.2) is 17.8 Å². The second-order valence-corrected chi connectivity index (χ2v) is 5.85. The van der Waals surface area contributed by atoms with Crippen LogP contribution in [0.15, 0.2) is 12.1 Å². The number of aldehydes is 1. The fraction of sp³-hybridized carbons (Fsp3) is 0.529. The van der Waals surface area contributed by atoms with Crippen LogP contribution in [0.2, 0.25) is 0 Å². The van der Waals surface area contributed by atoms with Gasteiger partial charge in [-0.1, -0.05) is 0 Å². The third-order valence-electron chi connectivity index (χ3n) is 3.66. The first-order chi connectivity index (χ1) is 10.8. The molecule has 0 aliphatic heterocycles. The zero-order valence-corrected chi connectivity index (χ0v) is 14.5. The van der Waals surface area contributed by atoms with Crippen molar-refractivity contribution in [1.82, 2.24) is 4.90 Å². The smallest absolute Gasteiger partial charge is 0.249 e. The van der Waals surface area contributed by atoms with Crippen molar-refractivity contribution in [2.45, 2.75) is 39.8 Å². The molecule has 128 valence electrons. The highest BCUT2D eigenvalue weighted by molar-refractivity contribution is 6.01. The van der Waals surface area contributed by atoms with Gasteiger partial charge in [0.1, 0.15) is 6.61 Å². The monoisotopic (exact) mass is 322 g/mol. The Morgan fingerprint density at radius 3 is 2.26 bits per heavy atom. The van der Waals surface area contributed by atoms with Gasteiger partial charge in [-0.15, -0.1) is 0 Å². The summed E-state index contributed by atoms with van der Waals surface area (Å²) in [5.74, 6) is 0.125.